The Bertz CT molecular complexity index is 1540. The van der Waals surface area contributed by atoms with Crippen LogP contribution in [-0.4, -0.2) is 65.3 Å². The highest BCUT2D eigenvalue weighted by Gasteiger charge is 2.34. The minimum absolute atomic E-state index is 0.216. The number of aromatic nitrogens is 6. The van der Waals surface area contributed by atoms with Crippen LogP contribution < -0.4 is 5.32 Å². The quantitative estimate of drug-likeness (QED) is 0.275. The highest BCUT2D eigenvalue weighted by molar-refractivity contribution is 5.90. The number of aliphatic hydroxyl groups excluding tert-OH is 1. The summed E-state index contributed by atoms with van der Waals surface area (Å²) in [6.45, 7) is 5.58. The number of aliphatic hydroxyl groups is 1. The van der Waals surface area contributed by atoms with Crippen LogP contribution in [-0.2, 0) is 17.8 Å². The van der Waals surface area contributed by atoms with E-state index < -0.39 is 6.10 Å². The van der Waals surface area contributed by atoms with Gasteiger partial charge in [0.25, 0.3) is 0 Å². The SMILES string of the molecule is CCCCC(=O)C1CCCc2c(-c3nc(Nc4ncccc4C(C)O)c4cnn(CC5CCCN5C)c4n3)noc21. The van der Waals surface area contributed by atoms with Gasteiger partial charge in [0.05, 0.1) is 30.1 Å². The van der Waals surface area contributed by atoms with Gasteiger partial charge in [0.1, 0.15) is 17.4 Å². The maximum Gasteiger partial charge on any atom is 0.186 e. The normalized spacial score (nSPS) is 19.9. The van der Waals surface area contributed by atoms with E-state index in [0.29, 0.717) is 59.1 Å². The molecular weight excluding hydrogens is 520 g/mol. The Morgan fingerprint density at radius 2 is 2.12 bits per heavy atom. The van der Waals surface area contributed by atoms with Gasteiger partial charge in [-0.2, -0.15) is 5.10 Å². The molecular formula is C30H38N8O3. The number of Topliss-reactive ketones (excluding diaryl/α,β-unsaturated/α-hetero) is 1. The van der Waals surface area contributed by atoms with Gasteiger partial charge < -0.3 is 19.8 Å². The minimum Gasteiger partial charge on any atom is -0.389 e. The van der Waals surface area contributed by atoms with Crippen LogP contribution in [0.1, 0.15) is 87.7 Å². The van der Waals surface area contributed by atoms with Crippen molar-refractivity contribution < 1.29 is 14.4 Å². The Morgan fingerprint density at radius 3 is 2.90 bits per heavy atom. The van der Waals surface area contributed by atoms with Crippen molar-refractivity contribution in [1.82, 2.24) is 34.8 Å². The van der Waals surface area contributed by atoms with Gasteiger partial charge in [-0.3, -0.25) is 4.79 Å². The van der Waals surface area contributed by atoms with E-state index in [1.165, 1.54) is 6.42 Å². The van der Waals surface area contributed by atoms with Crippen molar-refractivity contribution in [2.24, 2.45) is 0 Å². The lowest BCUT2D eigenvalue weighted by Crippen LogP contribution is -2.29. The maximum atomic E-state index is 13.0. The molecule has 11 heteroatoms. The van der Waals surface area contributed by atoms with E-state index in [1.54, 1.807) is 25.4 Å². The number of likely N-dealkylation sites (tertiary alicyclic amines) is 1. The van der Waals surface area contributed by atoms with Crippen molar-refractivity contribution in [3.05, 3.63) is 41.4 Å². The van der Waals surface area contributed by atoms with Crippen LogP contribution in [0, 0.1) is 0 Å². The number of pyridine rings is 1. The second-order valence-electron chi connectivity index (χ2n) is 11.4. The number of hydrogen-bond donors (Lipinski definition) is 2. The van der Waals surface area contributed by atoms with Crippen molar-refractivity contribution in [1.29, 1.82) is 0 Å². The van der Waals surface area contributed by atoms with Crippen molar-refractivity contribution >= 4 is 28.5 Å². The molecule has 0 bridgehead atoms. The maximum absolute atomic E-state index is 13.0. The number of ketones is 1. The number of nitrogens with one attached hydrogen (secondary N) is 1. The molecule has 5 heterocycles. The number of rotatable bonds is 10. The zero-order valence-corrected chi connectivity index (χ0v) is 24.0. The van der Waals surface area contributed by atoms with Gasteiger partial charge >= 0.3 is 0 Å². The van der Waals surface area contributed by atoms with E-state index in [-0.39, 0.29) is 11.7 Å². The second-order valence-corrected chi connectivity index (χ2v) is 11.4. The van der Waals surface area contributed by atoms with Crippen LogP contribution >= 0.6 is 0 Å². The lowest BCUT2D eigenvalue weighted by molar-refractivity contribution is -0.121. The predicted octanol–water partition coefficient (Wildman–Crippen LogP) is 4.95. The summed E-state index contributed by atoms with van der Waals surface area (Å²) < 4.78 is 7.80. The van der Waals surface area contributed by atoms with Gasteiger partial charge in [-0.15, -0.1) is 0 Å². The first-order chi connectivity index (χ1) is 19.9. The molecule has 3 unspecified atom stereocenters. The number of hydrogen-bond acceptors (Lipinski definition) is 10. The molecule has 11 nitrogen and oxygen atoms in total. The molecule has 0 aromatic carbocycles. The molecule has 1 fully saturated rings. The Labute approximate surface area is 239 Å². The molecule has 1 aliphatic heterocycles. The zero-order chi connectivity index (χ0) is 28.5. The third kappa shape index (κ3) is 5.36. The first-order valence-corrected chi connectivity index (χ1v) is 14.8. The monoisotopic (exact) mass is 558 g/mol. The van der Waals surface area contributed by atoms with Crippen molar-refractivity contribution in [3.63, 3.8) is 0 Å². The Balaban J connectivity index is 1.44. The summed E-state index contributed by atoms with van der Waals surface area (Å²) in [7, 11) is 2.15. The molecule has 1 aliphatic carbocycles. The van der Waals surface area contributed by atoms with Crippen LogP contribution in [0.4, 0.5) is 11.6 Å². The van der Waals surface area contributed by atoms with E-state index in [9.17, 15) is 9.90 Å². The highest BCUT2D eigenvalue weighted by atomic mass is 16.5. The molecule has 216 valence electrons. The fourth-order valence-corrected chi connectivity index (χ4v) is 6.13. The molecule has 0 amide bonds. The molecule has 4 aromatic rings. The standard InChI is InChI=1S/C30H38N8O3/c1-4-5-13-24(40)21-10-6-11-22-25(36-41-26(21)22)29-34-28(33-27-20(18(2)39)12-7-14-31-27)23-16-32-38(30(23)35-29)17-19-9-8-15-37(19)3/h7,12,14,16,18-19,21,39H,4-6,8-11,13,15,17H2,1-3H3,(H,31,33,34,35). The molecule has 2 N–H and O–H groups in total. The molecule has 0 radical (unpaired) electrons. The number of unbranched alkanes of at least 4 members (excludes halogenated alkanes) is 1. The van der Waals surface area contributed by atoms with Crippen LogP contribution in [0.25, 0.3) is 22.6 Å². The average Bonchev–Trinajstić information content (AvgIpc) is 3.71. The van der Waals surface area contributed by atoms with Crippen LogP contribution in [0.3, 0.4) is 0 Å². The largest absolute Gasteiger partial charge is 0.389 e. The fraction of sp³-hybridized carbons (Fsp3) is 0.533. The van der Waals surface area contributed by atoms with Crippen molar-refractivity contribution in [3.8, 4) is 11.5 Å². The molecule has 6 rings (SSSR count). The molecule has 3 atom stereocenters. The van der Waals surface area contributed by atoms with Gasteiger partial charge in [-0.05, 0) is 65.1 Å². The van der Waals surface area contributed by atoms with Gasteiger partial charge in [-0.1, -0.05) is 24.6 Å². The van der Waals surface area contributed by atoms with Crippen molar-refractivity contribution in [2.45, 2.75) is 89.8 Å². The lowest BCUT2D eigenvalue weighted by Gasteiger charge is -2.20. The number of carbonyl (C=O) groups excluding carboxylic acids is 1. The number of fused-ring (bicyclic) bond motifs is 2. The Kier molecular flexibility index (Phi) is 7.81. The summed E-state index contributed by atoms with van der Waals surface area (Å²) in [4.78, 5) is 29.8. The third-order valence-corrected chi connectivity index (χ3v) is 8.51. The van der Waals surface area contributed by atoms with Crippen LogP contribution in [0.15, 0.2) is 29.0 Å². The Morgan fingerprint density at radius 1 is 1.24 bits per heavy atom. The van der Waals surface area contributed by atoms with Crippen LogP contribution in [0.2, 0.25) is 0 Å². The topological polar surface area (TPSA) is 135 Å². The summed E-state index contributed by atoms with van der Waals surface area (Å²) in [5, 5.41) is 23.6. The molecule has 1 saturated heterocycles. The van der Waals surface area contributed by atoms with Gasteiger partial charge in [0.15, 0.2) is 22.9 Å². The first kappa shape index (κ1) is 27.5. The van der Waals surface area contributed by atoms with Crippen molar-refractivity contribution in [2.75, 3.05) is 18.9 Å². The Hall–Kier alpha value is -3.70. The van der Waals surface area contributed by atoms with E-state index >= 15 is 0 Å². The van der Waals surface area contributed by atoms with Gasteiger partial charge in [0, 0.05) is 29.8 Å². The first-order valence-electron chi connectivity index (χ1n) is 14.8. The number of nitrogens with zero attached hydrogens (tertiary/aromatic N) is 7. The summed E-state index contributed by atoms with van der Waals surface area (Å²) in [6, 6.07) is 4.01. The number of anilines is 2. The molecule has 2 aliphatic rings. The molecule has 4 aromatic heterocycles. The fourth-order valence-electron chi connectivity index (χ4n) is 6.13. The van der Waals surface area contributed by atoms with E-state index in [2.05, 4.69) is 34.3 Å². The predicted molar refractivity (Wildman–Crippen MR) is 155 cm³/mol. The van der Waals surface area contributed by atoms with E-state index in [1.807, 2.05) is 10.7 Å². The summed E-state index contributed by atoms with van der Waals surface area (Å²) >= 11 is 0. The van der Waals surface area contributed by atoms with Gasteiger partial charge in [0.2, 0.25) is 0 Å². The lowest BCUT2D eigenvalue weighted by atomic mass is 9.83. The summed E-state index contributed by atoms with van der Waals surface area (Å²) in [5.74, 6) is 2.07. The van der Waals surface area contributed by atoms with Crippen LogP contribution in [0.5, 0.6) is 0 Å². The smallest absolute Gasteiger partial charge is 0.186 e. The molecule has 0 spiro atoms. The molecule has 0 saturated carbocycles. The second kappa shape index (κ2) is 11.7. The van der Waals surface area contributed by atoms with Gasteiger partial charge in [-0.25, -0.2) is 19.6 Å². The molecule has 41 heavy (non-hydrogen) atoms. The number of carbonyl (C=O) groups is 1. The number of likely N-dealkylation sites (N-methyl/N-ethyl adjacent to an activating group) is 1. The van der Waals surface area contributed by atoms with E-state index in [4.69, 9.17) is 19.6 Å². The van der Waals surface area contributed by atoms with E-state index in [0.717, 1.165) is 56.0 Å². The average molecular weight is 559 g/mol. The third-order valence-electron chi connectivity index (χ3n) is 8.51. The zero-order valence-electron chi connectivity index (χ0n) is 24.0. The highest BCUT2D eigenvalue weighted by Crippen LogP contribution is 2.39. The summed E-state index contributed by atoms with van der Waals surface area (Å²) in [6.07, 6.45) is 9.85. The minimum atomic E-state index is -0.714. The summed E-state index contributed by atoms with van der Waals surface area (Å²) in [5.41, 5.74) is 2.84.